The number of hydrogen-bond donors (Lipinski definition) is 0. The molecular weight excluding hydrogens is 338 g/mol. The first-order valence-electron chi connectivity index (χ1n) is 6.51. The van der Waals surface area contributed by atoms with Gasteiger partial charge in [0.05, 0.1) is 8.41 Å². The van der Waals surface area contributed by atoms with Gasteiger partial charge in [-0.25, -0.2) is 0 Å². The minimum absolute atomic E-state index is 0. The minimum atomic E-state index is -0.514. The lowest BCUT2D eigenvalue weighted by Crippen LogP contribution is -2.21. The zero-order chi connectivity index (χ0) is 13.8. The summed E-state index contributed by atoms with van der Waals surface area (Å²) in [6.07, 6.45) is 0. The van der Waals surface area contributed by atoms with E-state index < -0.39 is 7.92 Å². The Kier molecular flexibility index (Phi) is 5.79. The van der Waals surface area contributed by atoms with Crippen LogP contribution in [0.25, 0.3) is 0 Å². The molecule has 0 bridgehead atoms. The molecule has 0 saturated heterocycles. The summed E-state index contributed by atoms with van der Waals surface area (Å²) in [7, 11) is -0.514. The fraction of sp³-hybridized carbons (Fsp3) is 0. The van der Waals surface area contributed by atoms with E-state index in [9.17, 15) is 0 Å². The molecule has 0 radical (unpaired) electrons. The molecule has 0 aliphatic rings. The highest BCUT2D eigenvalue weighted by molar-refractivity contribution is 9.10. The van der Waals surface area contributed by atoms with Crippen LogP contribution in [0.5, 0.6) is 0 Å². The van der Waals surface area contributed by atoms with Gasteiger partial charge in [0.2, 0.25) is 0 Å². The van der Waals surface area contributed by atoms with Crippen LogP contribution >= 0.6 is 23.9 Å². The van der Waals surface area contributed by atoms with Crippen LogP contribution in [0.3, 0.4) is 0 Å². The van der Waals surface area contributed by atoms with Crippen molar-refractivity contribution in [1.82, 2.24) is 0 Å². The van der Waals surface area contributed by atoms with E-state index in [1.54, 1.807) is 0 Å². The van der Waals surface area contributed by atoms with Crippen molar-refractivity contribution in [3.63, 3.8) is 0 Å². The van der Waals surface area contributed by atoms with E-state index in [0.717, 1.165) is 0 Å². The molecule has 0 unspecified atom stereocenters. The highest BCUT2D eigenvalue weighted by Crippen LogP contribution is 2.35. The molecular formula is C18H17BBrP. The molecule has 0 aliphatic carbocycles. The summed E-state index contributed by atoms with van der Waals surface area (Å²) in [6.45, 7) is 0. The molecule has 0 atom stereocenters. The van der Waals surface area contributed by atoms with Gasteiger partial charge in [-0.15, -0.1) is 0 Å². The molecule has 3 aromatic rings. The van der Waals surface area contributed by atoms with Gasteiger partial charge in [-0.1, -0.05) is 94.8 Å². The summed E-state index contributed by atoms with van der Waals surface area (Å²) in [5.41, 5.74) is 0. The van der Waals surface area contributed by atoms with Crippen LogP contribution < -0.4 is 15.9 Å². The van der Waals surface area contributed by atoms with Crippen LogP contribution in [-0.2, 0) is 0 Å². The van der Waals surface area contributed by atoms with Crippen LogP contribution in [0.2, 0.25) is 0 Å². The standard InChI is InChI=1S/C18H14BrP.BH3/c19-17-13-7-8-14-18(17)20(15-9-3-1-4-10-15)16-11-5-2-6-12-16;/h1-14H;1H3. The Labute approximate surface area is 137 Å². The third-order valence-corrected chi connectivity index (χ3v) is 6.62. The first-order chi connectivity index (χ1) is 9.86. The Balaban J connectivity index is 0.00000161. The summed E-state index contributed by atoms with van der Waals surface area (Å²) in [6, 6.07) is 30.0. The molecule has 0 nitrogen and oxygen atoms in total. The third-order valence-electron chi connectivity index (χ3n) is 3.12. The summed E-state index contributed by atoms with van der Waals surface area (Å²) < 4.78 is 1.18. The van der Waals surface area contributed by atoms with Gasteiger partial charge in [0.15, 0.2) is 0 Å². The molecule has 21 heavy (non-hydrogen) atoms. The van der Waals surface area contributed by atoms with Crippen LogP contribution in [-0.4, -0.2) is 8.41 Å². The van der Waals surface area contributed by atoms with Crippen molar-refractivity contribution in [3.05, 3.63) is 89.4 Å². The summed E-state index contributed by atoms with van der Waals surface area (Å²) in [4.78, 5) is 0. The first-order valence-corrected chi connectivity index (χ1v) is 8.64. The van der Waals surface area contributed by atoms with Crippen LogP contribution in [0, 0.1) is 0 Å². The van der Waals surface area contributed by atoms with E-state index in [2.05, 4.69) is 101 Å². The van der Waals surface area contributed by atoms with E-state index >= 15 is 0 Å². The van der Waals surface area contributed by atoms with Crippen molar-refractivity contribution in [2.75, 3.05) is 0 Å². The molecule has 0 fully saturated rings. The normalized spacial score (nSPS) is 10.2. The predicted octanol–water partition coefficient (Wildman–Crippen LogP) is 3.02. The average molecular weight is 355 g/mol. The van der Waals surface area contributed by atoms with E-state index in [1.807, 2.05) is 0 Å². The van der Waals surface area contributed by atoms with Crippen molar-refractivity contribution in [1.29, 1.82) is 0 Å². The Morgan fingerprint density at radius 2 is 1.00 bits per heavy atom. The topological polar surface area (TPSA) is 0 Å². The quantitative estimate of drug-likeness (QED) is 0.501. The van der Waals surface area contributed by atoms with Crippen molar-refractivity contribution in [2.45, 2.75) is 0 Å². The lowest BCUT2D eigenvalue weighted by molar-refractivity contribution is 1.70. The fourth-order valence-corrected chi connectivity index (χ4v) is 5.35. The number of halogens is 1. The fourth-order valence-electron chi connectivity index (χ4n) is 2.21. The smallest absolute Gasteiger partial charge is 0.0622 e. The maximum absolute atomic E-state index is 3.71. The molecule has 0 N–H and O–H groups in total. The molecule has 0 aliphatic heterocycles. The van der Waals surface area contributed by atoms with Gasteiger partial charge in [-0.05, 0) is 29.9 Å². The van der Waals surface area contributed by atoms with Gasteiger partial charge in [-0.3, -0.25) is 0 Å². The van der Waals surface area contributed by atoms with Gasteiger partial charge in [0.25, 0.3) is 0 Å². The van der Waals surface area contributed by atoms with E-state index in [1.165, 1.54) is 20.4 Å². The van der Waals surface area contributed by atoms with Crippen molar-refractivity contribution >= 4 is 48.2 Å². The van der Waals surface area contributed by atoms with Crippen LogP contribution in [0.1, 0.15) is 0 Å². The SMILES string of the molecule is B.Brc1ccccc1P(c1ccccc1)c1ccccc1. The number of benzene rings is 3. The van der Waals surface area contributed by atoms with E-state index in [0.29, 0.717) is 0 Å². The summed E-state index contributed by atoms with van der Waals surface area (Å²) in [5.74, 6) is 0. The third kappa shape index (κ3) is 3.64. The average Bonchev–Trinajstić information content (AvgIpc) is 2.52. The van der Waals surface area contributed by atoms with Crippen molar-refractivity contribution < 1.29 is 0 Å². The van der Waals surface area contributed by atoms with Gasteiger partial charge in [0.1, 0.15) is 0 Å². The maximum Gasteiger partial charge on any atom is 0.0814 e. The van der Waals surface area contributed by atoms with Gasteiger partial charge >= 0.3 is 0 Å². The van der Waals surface area contributed by atoms with Crippen molar-refractivity contribution in [2.24, 2.45) is 0 Å². The highest BCUT2D eigenvalue weighted by Gasteiger charge is 2.17. The predicted molar refractivity (Wildman–Crippen MR) is 103 cm³/mol. The lowest BCUT2D eigenvalue weighted by Gasteiger charge is -2.20. The zero-order valence-electron chi connectivity index (χ0n) is 10.9. The zero-order valence-corrected chi connectivity index (χ0v) is 13.4. The molecule has 0 heterocycles. The monoisotopic (exact) mass is 354 g/mol. The molecule has 0 spiro atoms. The second-order valence-electron chi connectivity index (χ2n) is 4.46. The summed E-state index contributed by atoms with van der Waals surface area (Å²) >= 11 is 3.71. The van der Waals surface area contributed by atoms with Gasteiger partial charge in [0, 0.05) is 4.47 Å². The van der Waals surface area contributed by atoms with E-state index in [4.69, 9.17) is 0 Å². The molecule has 3 aromatic carbocycles. The Hall–Kier alpha value is -1.37. The van der Waals surface area contributed by atoms with Gasteiger partial charge in [-0.2, -0.15) is 0 Å². The van der Waals surface area contributed by atoms with Gasteiger partial charge < -0.3 is 0 Å². The second-order valence-corrected chi connectivity index (χ2v) is 7.50. The Morgan fingerprint density at radius 3 is 1.48 bits per heavy atom. The molecule has 0 aromatic heterocycles. The molecule has 0 amide bonds. The second kappa shape index (κ2) is 7.59. The van der Waals surface area contributed by atoms with E-state index in [-0.39, 0.29) is 8.41 Å². The number of rotatable bonds is 3. The lowest BCUT2D eigenvalue weighted by atomic mass is 10.4. The Morgan fingerprint density at radius 1 is 0.571 bits per heavy atom. The molecule has 3 rings (SSSR count). The van der Waals surface area contributed by atoms with Crippen molar-refractivity contribution in [3.8, 4) is 0 Å². The van der Waals surface area contributed by atoms with Crippen LogP contribution in [0.4, 0.5) is 0 Å². The largest absolute Gasteiger partial charge is 0.0814 e. The highest BCUT2D eigenvalue weighted by atomic mass is 79.9. The number of hydrogen-bond acceptors (Lipinski definition) is 0. The van der Waals surface area contributed by atoms with Crippen LogP contribution in [0.15, 0.2) is 89.4 Å². The summed E-state index contributed by atoms with van der Waals surface area (Å²) in [5, 5.41) is 4.11. The molecule has 0 saturated carbocycles. The maximum atomic E-state index is 3.71. The molecule has 3 heteroatoms. The Bertz CT molecular complexity index is 646. The first kappa shape index (κ1) is 16.0. The molecule has 104 valence electrons. The minimum Gasteiger partial charge on any atom is -0.0622 e.